The zero-order valence-corrected chi connectivity index (χ0v) is 10.6. The van der Waals surface area contributed by atoms with Gasteiger partial charge in [0.05, 0.1) is 5.41 Å². The first-order valence-electron chi connectivity index (χ1n) is 6.10. The number of hydrogen-bond acceptors (Lipinski definition) is 2. The maximum atomic E-state index is 11.7. The molecule has 1 rings (SSSR count). The number of carbonyl (C=O) groups excluding carboxylic acids is 1. The molecule has 3 nitrogen and oxygen atoms in total. The Hall–Kier alpha value is -1.51. The molecular formula is C14H21NO2. The first kappa shape index (κ1) is 13.6. The third-order valence-electron chi connectivity index (χ3n) is 3.33. The third kappa shape index (κ3) is 3.22. The minimum Gasteiger partial charge on any atom is -0.508 e. The minimum atomic E-state index is -0.636. The lowest BCUT2D eigenvalue weighted by molar-refractivity contribution is -0.123. The molecule has 0 fully saturated rings. The van der Waals surface area contributed by atoms with E-state index >= 15 is 0 Å². The third-order valence-corrected chi connectivity index (χ3v) is 3.33. The second-order valence-electron chi connectivity index (χ2n) is 4.70. The van der Waals surface area contributed by atoms with Crippen LogP contribution >= 0.6 is 0 Å². The van der Waals surface area contributed by atoms with Gasteiger partial charge in [0.2, 0.25) is 5.91 Å². The summed E-state index contributed by atoms with van der Waals surface area (Å²) in [4.78, 5) is 11.7. The molecule has 1 amide bonds. The van der Waals surface area contributed by atoms with Gasteiger partial charge < -0.3 is 10.8 Å². The molecule has 1 unspecified atom stereocenters. The number of primary amides is 1. The Morgan fingerprint density at radius 3 is 2.35 bits per heavy atom. The van der Waals surface area contributed by atoms with Crippen molar-refractivity contribution in [3.05, 3.63) is 29.8 Å². The van der Waals surface area contributed by atoms with Crippen molar-refractivity contribution in [2.75, 3.05) is 0 Å². The van der Waals surface area contributed by atoms with Crippen molar-refractivity contribution < 1.29 is 9.90 Å². The van der Waals surface area contributed by atoms with Gasteiger partial charge >= 0.3 is 0 Å². The van der Waals surface area contributed by atoms with Crippen molar-refractivity contribution in [2.45, 2.75) is 44.9 Å². The number of nitrogens with two attached hydrogens (primary N) is 1. The van der Waals surface area contributed by atoms with E-state index in [-0.39, 0.29) is 11.7 Å². The van der Waals surface area contributed by atoms with Gasteiger partial charge in [0.1, 0.15) is 5.75 Å². The van der Waals surface area contributed by atoms with Gasteiger partial charge in [-0.2, -0.15) is 0 Å². The molecule has 0 radical (unpaired) electrons. The topological polar surface area (TPSA) is 63.3 Å². The quantitative estimate of drug-likeness (QED) is 0.745. The molecular weight excluding hydrogens is 214 g/mol. The van der Waals surface area contributed by atoms with Gasteiger partial charge in [-0.25, -0.2) is 0 Å². The standard InChI is InChI=1S/C14H21NO2/c1-3-4-5-10-14(2,13(15)17)11-6-8-12(16)9-7-11/h6-9,16H,3-5,10H2,1-2H3,(H2,15,17). The van der Waals surface area contributed by atoms with Crippen LogP contribution in [0, 0.1) is 0 Å². The summed E-state index contributed by atoms with van der Waals surface area (Å²) in [6.07, 6.45) is 3.95. The van der Waals surface area contributed by atoms with E-state index in [4.69, 9.17) is 5.73 Å². The molecule has 0 spiro atoms. The molecule has 94 valence electrons. The second kappa shape index (κ2) is 5.71. The summed E-state index contributed by atoms with van der Waals surface area (Å²) < 4.78 is 0. The predicted molar refractivity (Wildman–Crippen MR) is 68.8 cm³/mol. The van der Waals surface area contributed by atoms with E-state index in [1.54, 1.807) is 24.3 Å². The van der Waals surface area contributed by atoms with Gasteiger partial charge in [0.25, 0.3) is 0 Å². The average Bonchev–Trinajstić information content (AvgIpc) is 2.29. The lowest BCUT2D eigenvalue weighted by Gasteiger charge is -2.26. The van der Waals surface area contributed by atoms with Crippen LogP contribution in [0.15, 0.2) is 24.3 Å². The van der Waals surface area contributed by atoms with Crippen LogP contribution in [0.5, 0.6) is 5.75 Å². The number of hydrogen-bond donors (Lipinski definition) is 2. The molecule has 1 atom stereocenters. The Morgan fingerprint density at radius 2 is 1.88 bits per heavy atom. The zero-order valence-electron chi connectivity index (χ0n) is 10.6. The highest BCUT2D eigenvalue weighted by Gasteiger charge is 2.32. The first-order chi connectivity index (χ1) is 8.00. The van der Waals surface area contributed by atoms with Gasteiger partial charge in [0.15, 0.2) is 0 Å². The van der Waals surface area contributed by atoms with Gasteiger partial charge in [-0.1, -0.05) is 38.3 Å². The molecule has 1 aromatic rings. The van der Waals surface area contributed by atoms with Gasteiger partial charge in [0, 0.05) is 0 Å². The summed E-state index contributed by atoms with van der Waals surface area (Å²) in [6, 6.07) is 6.73. The molecule has 0 aromatic heterocycles. The predicted octanol–water partition coefficient (Wildman–Crippen LogP) is 2.72. The molecule has 0 bridgehead atoms. The Morgan fingerprint density at radius 1 is 1.29 bits per heavy atom. The van der Waals surface area contributed by atoms with E-state index in [2.05, 4.69) is 6.92 Å². The highest BCUT2D eigenvalue weighted by atomic mass is 16.3. The number of rotatable bonds is 6. The highest BCUT2D eigenvalue weighted by molar-refractivity contribution is 5.86. The average molecular weight is 235 g/mol. The molecule has 0 aliphatic heterocycles. The van der Waals surface area contributed by atoms with Crippen LogP contribution in [0.2, 0.25) is 0 Å². The summed E-state index contributed by atoms with van der Waals surface area (Å²) in [7, 11) is 0. The number of benzene rings is 1. The second-order valence-corrected chi connectivity index (χ2v) is 4.70. The molecule has 3 heteroatoms. The van der Waals surface area contributed by atoms with Crippen molar-refractivity contribution >= 4 is 5.91 Å². The summed E-state index contributed by atoms with van der Waals surface area (Å²) in [5, 5.41) is 9.26. The normalized spacial score (nSPS) is 14.2. The van der Waals surface area contributed by atoms with Crippen molar-refractivity contribution in [1.29, 1.82) is 0 Å². The summed E-state index contributed by atoms with van der Waals surface area (Å²) >= 11 is 0. The fourth-order valence-electron chi connectivity index (χ4n) is 1.97. The first-order valence-corrected chi connectivity index (χ1v) is 6.10. The van der Waals surface area contributed by atoms with Crippen molar-refractivity contribution in [1.82, 2.24) is 0 Å². The molecule has 17 heavy (non-hydrogen) atoms. The Labute approximate surface area is 103 Å². The zero-order chi connectivity index (χ0) is 12.9. The SMILES string of the molecule is CCCCCC(C)(C(N)=O)c1ccc(O)cc1. The van der Waals surface area contributed by atoms with Crippen molar-refractivity contribution in [3.63, 3.8) is 0 Å². The van der Waals surface area contributed by atoms with Crippen LogP contribution in [0.3, 0.4) is 0 Å². The number of amides is 1. The van der Waals surface area contributed by atoms with Crippen LogP contribution in [-0.4, -0.2) is 11.0 Å². The summed E-state index contributed by atoms with van der Waals surface area (Å²) in [5.74, 6) is -0.103. The minimum absolute atomic E-state index is 0.203. The van der Waals surface area contributed by atoms with E-state index in [1.165, 1.54) is 0 Å². The van der Waals surface area contributed by atoms with Crippen LogP contribution in [0.4, 0.5) is 0 Å². The number of phenolic OH excluding ortho intramolecular Hbond substituents is 1. The molecule has 0 aliphatic carbocycles. The molecule has 0 heterocycles. The smallest absolute Gasteiger partial charge is 0.227 e. The molecule has 0 saturated carbocycles. The maximum absolute atomic E-state index is 11.7. The Balaban J connectivity index is 2.90. The van der Waals surface area contributed by atoms with Crippen LogP contribution in [0.25, 0.3) is 0 Å². The Bertz CT molecular complexity index is 372. The van der Waals surface area contributed by atoms with Crippen molar-refractivity contribution in [2.24, 2.45) is 5.73 Å². The lowest BCUT2D eigenvalue weighted by atomic mass is 9.77. The number of phenols is 1. The van der Waals surface area contributed by atoms with E-state index in [0.29, 0.717) is 0 Å². The molecule has 0 aliphatic rings. The summed E-state index contributed by atoms with van der Waals surface area (Å²) in [5.41, 5.74) is 5.76. The lowest BCUT2D eigenvalue weighted by Crippen LogP contribution is -2.38. The highest BCUT2D eigenvalue weighted by Crippen LogP contribution is 2.30. The number of aromatic hydroxyl groups is 1. The van der Waals surface area contributed by atoms with E-state index in [9.17, 15) is 9.90 Å². The van der Waals surface area contributed by atoms with Gasteiger partial charge in [-0.15, -0.1) is 0 Å². The van der Waals surface area contributed by atoms with Crippen LogP contribution < -0.4 is 5.73 Å². The van der Waals surface area contributed by atoms with Gasteiger partial charge in [-0.3, -0.25) is 4.79 Å². The fourth-order valence-corrected chi connectivity index (χ4v) is 1.97. The maximum Gasteiger partial charge on any atom is 0.227 e. The molecule has 1 aromatic carbocycles. The largest absolute Gasteiger partial charge is 0.508 e. The Kier molecular flexibility index (Phi) is 4.55. The van der Waals surface area contributed by atoms with Gasteiger partial charge in [-0.05, 0) is 31.0 Å². The van der Waals surface area contributed by atoms with E-state index < -0.39 is 5.41 Å². The summed E-state index contributed by atoms with van der Waals surface area (Å²) in [6.45, 7) is 4.00. The fraction of sp³-hybridized carbons (Fsp3) is 0.500. The monoisotopic (exact) mass is 235 g/mol. The molecule has 3 N–H and O–H groups in total. The van der Waals surface area contributed by atoms with Crippen LogP contribution in [-0.2, 0) is 10.2 Å². The van der Waals surface area contributed by atoms with Crippen LogP contribution in [0.1, 0.15) is 45.1 Å². The molecule has 0 saturated heterocycles. The van der Waals surface area contributed by atoms with E-state index in [1.807, 2.05) is 6.92 Å². The van der Waals surface area contributed by atoms with Crippen molar-refractivity contribution in [3.8, 4) is 5.75 Å². The van der Waals surface area contributed by atoms with E-state index in [0.717, 1.165) is 31.2 Å². The number of unbranched alkanes of at least 4 members (excludes halogenated alkanes) is 2. The number of carbonyl (C=O) groups is 1.